The third-order valence-electron chi connectivity index (χ3n) is 3.28. The molecule has 1 rings (SSSR count). The Morgan fingerprint density at radius 3 is 2.27 bits per heavy atom. The number of hydrogen-bond donors (Lipinski definition) is 2. The van der Waals surface area contributed by atoms with Gasteiger partial charge in [-0.2, -0.15) is 0 Å². The van der Waals surface area contributed by atoms with Gasteiger partial charge in [-0.25, -0.2) is 4.79 Å². The van der Waals surface area contributed by atoms with Crippen molar-refractivity contribution in [1.29, 1.82) is 0 Å². The van der Waals surface area contributed by atoms with Gasteiger partial charge in [0, 0.05) is 25.7 Å². The fraction of sp³-hybridized carbons (Fsp3) is 0.909. The minimum Gasteiger partial charge on any atom is -0.335 e. The summed E-state index contributed by atoms with van der Waals surface area (Å²) in [5.41, 5.74) is 0. The normalized spacial score (nSPS) is 26.1. The summed E-state index contributed by atoms with van der Waals surface area (Å²) in [5, 5.41) is 6.36. The number of nitrogens with zero attached hydrogens (tertiary/aromatic N) is 1. The van der Waals surface area contributed by atoms with Crippen LogP contribution in [0.2, 0.25) is 0 Å². The quantitative estimate of drug-likeness (QED) is 0.739. The molecule has 4 nitrogen and oxygen atoms in total. The first-order chi connectivity index (χ1) is 7.17. The van der Waals surface area contributed by atoms with E-state index in [-0.39, 0.29) is 6.03 Å². The van der Waals surface area contributed by atoms with Gasteiger partial charge in [-0.3, -0.25) is 0 Å². The lowest BCUT2D eigenvalue weighted by atomic mass is 9.91. The lowest BCUT2D eigenvalue weighted by Gasteiger charge is -2.30. The first kappa shape index (κ1) is 12.3. The lowest BCUT2D eigenvalue weighted by Crippen LogP contribution is -2.46. The minimum atomic E-state index is 0.0606. The van der Waals surface area contributed by atoms with Crippen LogP contribution in [0.4, 0.5) is 4.79 Å². The van der Waals surface area contributed by atoms with Crippen molar-refractivity contribution in [2.24, 2.45) is 0 Å². The van der Waals surface area contributed by atoms with E-state index >= 15 is 0 Å². The molecule has 0 heterocycles. The van der Waals surface area contributed by atoms with Gasteiger partial charge in [0.2, 0.25) is 0 Å². The van der Waals surface area contributed by atoms with Crippen LogP contribution in [0.25, 0.3) is 0 Å². The van der Waals surface area contributed by atoms with E-state index in [9.17, 15) is 4.79 Å². The van der Waals surface area contributed by atoms with Crippen LogP contribution in [0.5, 0.6) is 0 Å². The van der Waals surface area contributed by atoms with Crippen molar-refractivity contribution in [3.05, 3.63) is 0 Å². The molecule has 1 aliphatic carbocycles. The highest BCUT2D eigenvalue weighted by molar-refractivity contribution is 5.74. The van der Waals surface area contributed by atoms with E-state index in [2.05, 4.69) is 10.6 Å². The van der Waals surface area contributed by atoms with Crippen molar-refractivity contribution < 1.29 is 4.79 Å². The highest BCUT2D eigenvalue weighted by atomic mass is 16.2. The van der Waals surface area contributed by atoms with Gasteiger partial charge in [0.25, 0.3) is 0 Å². The number of rotatable bonds is 3. The van der Waals surface area contributed by atoms with Gasteiger partial charge >= 0.3 is 6.03 Å². The van der Waals surface area contributed by atoms with Crippen LogP contribution in [-0.2, 0) is 0 Å². The fourth-order valence-corrected chi connectivity index (χ4v) is 1.95. The van der Waals surface area contributed by atoms with E-state index in [0.717, 1.165) is 32.2 Å². The summed E-state index contributed by atoms with van der Waals surface area (Å²) in [5.74, 6) is 0. The van der Waals surface area contributed by atoms with Gasteiger partial charge in [0.1, 0.15) is 0 Å². The number of urea groups is 1. The Balaban J connectivity index is 2.26. The molecule has 2 N–H and O–H groups in total. The monoisotopic (exact) mass is 213 g/mol. The summed E-state index contributed by atoms with van der Waals surface area (Å²) in [7, 11) is 3.84. The van der Waals surface area contributed by atoms with Crippen LogP contribution in [0.15, 0.2) is 0 Å². The molecular weight excluding hydrogens is 190 g/mol. The van der Waals surface area contributed by atoms with Crippen LogP contribution >= 0.6 is 0 Å². The highest BCUT2D eigenvalue weighted by Gasteiger charge is 2.21. The van der Waals surface area contributed by atoms with Crippen molar-refractivity contribution in [1.82, 2.24) is 15.5 Å². The van der Waals surface area contributed by atoms with Crippen molar-refractivity contribution in [2.45, 2.75) is 44.7 Å². The summed E-state index contributed by atoms with van der Waals surface area (Å²) in [6, 6.07) is 1.07. The van der Waals surface area contributed by atoms with E-state index in [1.165, 1.54) is 0 Å². The Hall–Kier alpha value is -0.770. The van der Waals surface area contributed by atoms with Crippen LogP contribution in [0.1, 0.15) is 32.6 Å². The number of amides is 2. The predicted molar refractivity (Wildman–Crippen MR) is 61.9 cm³/mol. The Morgan fingerprint density at radius 2 is 1.80 bits per heavy atom. The Kier molecular flexibility index (Phi) is 4.88. The molecule has 0 aromatic rings. The molecule has 88 valence electrons. The Bertz CT molecular complexity index is 200. The lowest BCUT2D eigenvalue weighted by molar-refractivity contribution is 0.200. The maximum atomic E-state index is 11.6. The molecule has 0 aromatic carbocycles. The van der Waals surface area contributed by atoms with Gasteiger partial charge in [0.05, 0.1) is 0 Å². The standard InChI is InChI=1S/C11H23N3O/c1-4-14(3)11(15)13-10-7-5-9(12-2)6-8-10/h9-10,12H,4-8H2,1-3H3,(H,13,15). The van der Waals surface area contributed by atoms with Crippen molar-refractivity contribution in [2.75, 3.05) is 20.6 Å². The van der Waals surface area contributed by atoms with Crippen LogP contribution < -0.4 is 10.6 Å². The van der Waals surface area contributed by atoms with Gasteiger partial charge < -0.3 is 15.5 Å². The Labute approximate surface area is 92.4 Å². The molecule has 0 spiro atoms. The molecule has 1 aliphatic rings. The van der Waals surface area contributed by atoms with E-state index in [1.54, 1.807) is 4.90 Å². The van der Waals surface area contributed by atoms with Gasteiger partial charge in [-0.15, -0.1) is 0 Å². The molecular formula is C11H23N3O. The molecule has 0 saturated heterocycles. The minimum absolute atomic E-state index is 0.0606. The summed E-state index contributed by atoms with van der Waals surface area (Å²) in [6.07, 6.45) is 4.51. The zero-order chi connectivity index (χ0) is 11.3. The van der Waals surface area contributed by atoms with E-state index in [0.29, 0.717) is 12.1 Å². The van der Waals surface area contributed by atoms with E-state index in [4.69, 9.17) is 0 Å². The number of carbonyl (C=O) groups excluding carboxylic acids is 1. The summed E-state index contributed by atoms with van der Waals surface area (Å²) >= 11 is 0. The number of hydrogen-bond acceptors (Lipinski definition) is 2. The zero-order valence-electron chi connectivity index (χ0n) is 10.0. The van der Waals surface area contributed by atoms with E-state index in [1.807, 2.05) is 21.0 Å². The fourth-order valence-electron chi connectivity index (χ4n) is 1.95. The molecule has 0 aliphatic heterocycles. The molecule has 0 aromatic heterocycles. The average molecular weight is 213 g/mol. The number of carbonyl (C=O) groups is 1. The SMILES string of the molecule is CCN(C)C(=O)NC1CCC(NC)CC1. The Morgan fingerprint density at radius 1 is 1.27 bits per heavy atom. The molecule has 0 radical (unpaired) electrons. The largest absolute Gasteiger partial charge is 0.335 e. The molecule has 2 amide bonds. The van der Waals surface area contributed by atoms with Crippen molar-refractivity contribution >= 4 is 6.03 Å². The van der Waals surface area contributed by atoms with Crippen LogP contribution in [0, 0.1) is 0 Å². The predicted octanol–water partition coefficient (Wildman–Crippen LogP) is 1.18. The summed E-state index contributed by atoms with van der Waals surface area (Å²) in [6.45, 7) is 2.75. The molecule has 0 unspecified atom stereocenters. The topological polar surface area (TPSA) is 44.4 Å². The molecule has 1 fully saturated rings. The second kappa shape index (κ2) is 5.95. The summed E-state index contributed by atoms with van der Waals surface area (Å²) < 4.78 is 0. The van der Waals surface area contributed by atoms with Crippen molar-refractivity contribution in [3.8, 4) is 0 Å². The molecule has 15 heavy (non-hydrogen) atoms. The van der Waals surface area contributed by atoms with Crippen LogP contribution in [-0.4, -0.2) is 43.7 Å². The third kappa shape index (κ3) is 3.70. The summed E-state index contributed by atoms with van der Waals surface area (Å²) in [4.78, 5) is 13.3. The molecule has 0 bridgehead atoms. The van der Waals surface area contributed by atoms with Gasteiger partial charge in [-0.05, 0) is 39.7 Å². The molecule has 4 heteroatoms. The number of nitrogens with one attached hydrogen (secondary N) is 2. The first-order valence-electron chi connectivity index (χ1n) is 5.86. The maximum absolute atomic E-state index is 11.6. The van der Waals surface area contributed by atoms with Gasteiger partial charge in [0.15, 0.2) is 0 Å². The highest BCUT2D eigenvalue weighted by Crippen LogP contribution is 2.18. The average Bonchev–Trinajstić information content (AvgIpc) is 2.29. The van der Waals surface area contributed by atoms with E-state index < -0.39 is 0 Å². The smallest absolute Gasteiger partial charge is 0.317 e. The van der Waals surface area contributed by atoms with Crippen molar-refractivity contribution in [3.63, 3.8) is 0 Å². The second-order valence-electron chi connectivity index (χ2n) is 4.30. The zero-order valence-corrected chi connectivity index (χ0v) is 10.0. The third-order valence-corrected chi connectivity index (χ3v) is 3.28. The first-order valence-corrected chi connectivity index (χ1v) is 5.86. The maximum Gasteiger partial charge on any atom is 0.317 e. The molecule has 0 atom stereocenters. The van der Waals surface area contributed by atoms with Gasteiger partial charge in [-0.1, -0.05) is 0 Å². The second-order valence-corrected chi connectivity index (χ2v) is 4.30. The molecule has 1 saturated carbocycles. The van der Waals surface area contributed by atoms with Crippen LogP contribution in [0.3, 0.4) is 0 Å².